The van der Waals surface area contributed by atoms with E-state index in [1.807, 2.05) is 32.0 Å². The largest absolute Gasteiger partial charge is 0.508 e. The number of aromatic nitrogens is 2. The van der Waals surface area contributed by atoms with Crippen molar-refractivity contribution in [1.29, 1.82) is 0 Å². The summed E-state index contributed by atoms with van der Waals surface area (Å²) in [5, 5.41) is 16.3. The third-order valence-corrected chi connectivity index (χ3v) is 3.67. The Hall–Kier alpha value is -3.28. The molecule has 0 atom stereocenters. The lowest BCUT2D eigenvalue weighted by Gasteiger charge is -2.09. The van der Waals surface area contributed by atoms with E-state index >= 15 is 0 Å². The second-order valence-corrected chi connectivity index (χ2v) is 5.79. The number of aromatic hydroxyl groups is 1. The fraction of sp³-hybridized carbons (Fsp3) is 0.158. The van der Waals surface area contributed by atoms with E-state index < -0.39 is 0 Å². The molecule has 2 aromatic carbocycles. The summed E-state index contributed by atoms with van der Waals surface area (Å²) in [4.78, 5) is 12.2. The molecule has 1 aromatic heterocycles. The van der Waals surface area contributed by atoms with E-state index in [1.165, 1.54) is 12.1 Å². The van der Waals surface area contributed by atoms with Crippen LogP contribution >= 0.6 is 0 Å². The fourth-order valence-electron chi connectivity index (χ4n) is 2.33. The highest BCUT2D eigenvalue weighted by atomic mass is 16.5. The normalized spacial score (nSPS) is 10.5. The number of hydrogen-bond acceptors (Lipinski definition) is 4. The van der Waals surface area contributed by atoms with Gasteiger partial charge in [0.2, 0.25) is 0 Å². The minimum atomic E-state index is -0.351. The summed E-state index contributed by atoms with van der Waals surface area (Å²) in [6.45, 7) is 4.19. The summed E-state index contributed by atoms with van der Waals surface area (Å²) < 4.78 is 7.32. The number of nitrogens with zero attached hydrogens (tertiary/aromatic N) is 2. The molecule has 0 fully saturated rings. The fourth-order valence-corrected chi connectivity index (χ4v) is 2.33. The number of amides is 1. The molecule has 0 aliphatic heterocycles. The average molecular weight is 337 g/mol. The molecule has 6 heteroatoms. The quantitative estimate of drug-likeness (QED) is 0.747. The number of carbonyl (C=O) groups is 1. The molecule has 6 nitrogen and oxygen atoms in total. The van der Waals surface area contributed by atoms with Crippen LogP contribution in [0.25, 0.3) is 0 Å². The highest BCUT2D eigenvalue weighted by molar-refractivity contribution is 6.02. The molecule has 0 saturated carbocycles. The van der Waals surface area contributed by atoms with Gasteiger partial charge in [-0.2, -0.15) is 5.10 Å². The van der Waals surface area contributed by atoms with Gasteiger partial charge in [0.1, 0.15) is 11.5 Å². The number of phenols is 1. The summed E-state index contributed by atoms with van der Waals surface area (Å²) in [5.74, 6) is 0.530. The van der Waals surface area contributed by atoms with Crippen LogP contribution in [0.4, 0.5) is 5.69 Å². The summed E-state index contributed by atoms with van der Waals surface area (Å²) in [7, 11) is 0. The lowest BCUT2D eigenvalue weighted by molar-refractivity contribution is 0.102. The molecule has 25 heavy (non-hydrogen) atoms. The van der Waals surface area contributed by atoms with Crippen LogP contribution in [-0.4, -0.2) is 20.8 Å². The molecule has 0 radical (unpaired) electrons. The Morgan fingerprint density at radius 2 is 2.04 bits per heavy atom. The monoisotopic (exact) mass is 337 g/mol. The topological polar surface area (TPSA) is 76.4 Å². The van der Waals surface area contributed by atoms with Gasteiger partial charge in [-0.3, -0.25) is 4.79 Å². The van der Waals surface area contributed by atoms with E-state index in [2.05, 4.69) is 10.4 Å². The first-order valence-electron chi connectivity index (χ1n) is 7.85. The number of ether oxygens (including phenoxy) is 1. The first-order chi connectivity index (χ1) is 12.0. The summed E-state index contributed by atoms with van der Waals surface area (Å²) in [5.41, 5.74) is 2.94. The second kappa shape index (κ2) is 7.09. The molecule has 0 spiro atoms. The van der Waals surface area contributed by atoms with Crippen molar-refractivity contribution in [2.24, 2.45) is 0 Å². The number of aryl methyl sites for hydroxylation is 2. The van der Waals surface area contributed by atoms with Crippen LogP contribution in [0.3, 0.4) is 0 Å². The summed E-state index contributed by atoms with van der Waals surface area (Å²) in [6.07, 6.45) is 1.68. The molecular weight excluding hydrogens is 318 g/mol. The maximum atomic E-state index is 12.2. The molecule has 2 N–H and O–H groups in total. The average Bonchev–Trinajstić information content (AvgIpc) is 3.05. The van der Waals surface area contributed by atoms with Gasteiger partial charge < -0.3 is 15.2 Å². The number of nitrogens with one attached hydrogen (secondary N) is 1. The van der Waals surface area contributed by atoms with Crippen LogP contribution < -0.4 is 10.1 Å². The molecule has 1 amide bonds. The molecule has 0 unspecified atom stereocenters. The number of carbonyl (C=O) groups excluding carboxylic acids is 1. The van der Waals surface area contributed by atoms with Crippen molar-refractivity contribution in [1.82, 2.24) is 9.78 Å². The van der Waals surface area contributed by atoms with Gasteiger partial charge in [-0.25, -0.2) is 4.68 Å². The van der Waals surface area contributed by atoms with Crippen molar-refractivity contribution < 1.29 is 14.6 Å². The van der Waals surface area contributed by atoms with Crippen LogP contribution in [0, 0.1) is 13.8 Å². The van der Waals surface area contributed by atoms with Crippen molar-refractivity contribution in [3.8, 4) is 11.5 Å². The van der Waals surface area contributed by atoms with Gasteiger partial charge in [-0.05, 0) is 49.2 Å². The molecule has 128 valence electrons. The molecule has 0 bridgehead atoms. The van der Waals surface area contributed by atoms with Crippen LogP contribution in [0.5, 0.6) is 11.5 Å². The van der Waals surface area contributed by atoms with Crippen molar-refractivity contribution in [3.63, 3.8) is 0 Å². The van der Waals surface area contributed by atoms with Gasteiger partial charge >= 0.3 is 0 Å². The van der Waals surface area contributed by atoms with Gasteiger partial charge in [-0.1, -0.05) is 18.2 Å². The number of benzene rings is 2. The minimum absolute atomic E-state index is 0.0882. The third kappa shape index (κ3) is 4.17. The van der Waals surface area contributed by atoms with E-state index in [0.29, 0.717) is 5.69 Å². The molecular formula is C19H19N3O3. The van der Waals surface area contributed by atoms with Gasteiger partial charge in [-0.15, -0.1) is 0 Å². The van der Waals surface area contributed by atoms with Crippen LogP contribution in [0.1, 0.15) is 21.6 Å². The molecule has 3 rings (SSSR count). The Kier molecular flexibility index (Phi) is 4.70. The van der Waals surface area contributed by atoms with Crippen molar-refractivity contribution in [3.05, 3.63) is 71.5 Å². The second-order valence-electron chi connectivity index (χ2n) is 5.79. The van der Waals surface area contributed by atoms with E-state index in [1.54, 1.807) is 29.1 Å². The molecule has 0 aliphatic rings. The number of rotatable bonds is 5. The van der Waals surface area contributed by atoms with Crippen LogP contribution in [0.2, 0.25) is 0 Å². The van der Waals surface area contributed by atoms with Crippen LogP contribution in [0.15, 0.2) is 54.7 Å². The third-order valence-electron chi connectivity index (χ3n) is 3.67. The predicted molar refractivity (Wildman–Crippen MR) is 94.8 cm³/mol. The van der Waals surface area contributed by atoms with Crippen LogP contribution in [-0.2, 0) is 6.73 Å². The minimum Gasteiger partial charge on any atom is -0.508 e. The molecule has 0 aliphatic carbocycles. The summed E-state index contributed by atoms with van der Waals surface area (Å²) in [6, 6.07) is 14.0. The Morgan fingerprint density at radius 1 is 1.20 bits per heavy atom. The van der Waals surface area contributed by atoms with E-state index in [9.17, 15) is 9.90 Å². The van der Waals surface area contributed by atoms with E-state index in [-0.39, 0.29) is 24.1 Å². The maximum absolute atomic E-state index is 12.2. The number of phenolic OH excluding ortho intramolecular Hbond substituents is 1. The van der Waals surface area contributed by atoms with Gasteiger partial charge in [0.25, 0.3) is 5.91 Å². The maximum Gasteiger partial charge on any atom is 0.276 e. The Bertz CT molecular complexity index is 902. The van der Waals surface area contributed by atoms with Gasteiger partial charge in [0, 0.05) is 18.0 Å². The highest BCUT2D eigenvalue weighted by Crippen LogP contribution is 2.19. The molecule has 3 aromatic rings. The van der Waals surface area contributed by atoms with Crippen molar-refractivity contribution in [2.75, 3.05) is 5.32 Å². The van der Waals surface area contributed by atoms with Crippen molar-refractivity contribution in [2.45, 2.75) is 20.6 Å². The smallest absolute Gasteiger partial charge is 0.276 e. The highest BCUT2D eigenvalue weighted by Gasteiger charge is 2.10. The lowest BCUT2D eigenvalue weighted by Crippen LogP contribution is -2.14. The lowest BCUT2D eigenvalue weighted by atomic mass is 10.1. The van der Waals surface area contributed by atoms with Gasteiger partial charge in [0.05, 0.1) is 0 Å². The Morgan fingerprint density at radius 3 is 2.84 bits per heavy atom. The van der Waals surface area contributed by atoms with Crippen molar-refractivity contribution >= 4 is 11.6 Å². The van der Waals surface area contributed by atoms with E-state index in [4.69, 9.17) is 4.74 Å². The first-order valence-corrected chi connectivity index (χ1v) is 7.85. The molecule has 0 saturated heterocycles. The predicted octanol–water partition coefficient (Wildman–Crippen LogP) is 3.49. The zero-order chi connectivity index (χ0) is 17.8. The Balaban J connectivity index is 1.63. The zero-order valence-electron chi connectivity index (χ0n) is 14.1. The zero-order valence-corrected chi connectivity index (χ0v) is 14.1. The standard InChI is InChI=1S/C19H19N3O3/c1-13-6-7-14(2)18(10-13)25-12-22-9-8-17(21-22)19(24)20-15-4-3-5-16(23)11-15/h3-11,23H,12H2,1-2H3,(H,20,24). The first kappa shape index (κ1) is 16.6. The Labute approximate surface area is 145 Å². The SMILES string of the molecule is Cc1ccc(C)c(OCn2ccc(C(=O)Nc3cccc(O)c3)n2)c1. The van der Waals surface area contributed by atoms with Gasteiger partial charge in [0.15, 0.2) is 12.4 Å². The summed E-state index contributed by atoms with van der Waals surface area (Å²) >= 11 is 0. The number of anilines is 1. The molecule has 1 heterocycles. The number of hydrogen-bond donors (Lipinski definition) is 2. The van der Waals surface area contributed by atoms with E-state index in [0.717, 1.165) is 16.9 Å².